The van der Waals surface area contributed by atoms with Crippen molar-refractivity contribution >= 4 is 28.1 Å². The zero-order valence-electron chi connectivity index (χ0n) is 11.9. The lowest BCUT2D eigenvalue weighted by Gasteiger charge is -2.10. The molecule has 0 atom stereocenters. The summed E-state index contributed by atoms with van der Waals surface area (Å²) in [6, 6.07) is 5.93. The summed E-state index contributed by atoms with van der Waals surface area (Å²) >= 11 is 1.73. The molecule has 1 aromatic carbocycles. The Kier molecular flexibility index (Phi) is 3.22. The van der Waals surface area contributed by atoms with Gasteiger partial charge in [0.2, 0.25) is 0 Å². The molecular weight excluding hydrogens is 268 g/mol. The number of rotatable bonds is 3. The van der Waals surface area contributed by atoms with Crippen LogP contribution in [-0.2, 0) is 6.54 Å². The molecule has 0 amide bonds. The van der Waals surface area contributed by atoms with Crippen molar-refractivity contribution in [1.82, 2.24) is 14.5 Å². The summed E-state index contributed by atoms with van der Waals surface area (Å²) in [4.78, 5) is 10.3. The fraction of sp³-hybridized carbons (Fsp3) is 0.333. The highest BCUT2D eigenvalue weighted by molar-refractivity contribution is 7.11. The van der Waals surface area contributed by atoms with Gasteiger partial charge in [0.05, 0.1) is 22.6 Å². The molecule has 0 radical (unpaired) electrons. The van der Waals surface area contributed by atoms with Gasteiger partial charge in [-0.05, 0) is 25.1 Å². The molecule has 0 saturated heterocycles. The van der Waals surface area contributed by atoms with Crippen LogP contribution >= 0.6 is 11.3 Å². The Morgan fingerprint density at radius 3 is 2.80 bits per heavy atom. The van der Waals surface area contributed by atoms with E-state index in [0.717, 1.165) is 34.1 Å². The average molecular weight is 286 g/mol. The van der Waals surface area contributed by atoms with E-state index >= 15 is 0 Å². The van der Waals surface area contributed by atoms with Crippen LogP contribution in [0.15, 0.2) is 24.4 Å². The highest BCUT2D eigenvalue weighted by Crippen LogP contribution is 2.25. The predicted octanol–water partition coefficient (Wildman–Crippen LogP) is 3.56. The van der Waals surface area contributed by atoms with Crippen molar-refractivity contribution in [1.29, 1.82) is 0 Å². The van der Waals surface area contributed by atoms with Gasteiger partial charge in [0, 0.05) is 22.7 Å². The Morgan fingerprint density at radius 2 is 2.15 bits per heavy atom. The molecule has 0 fully saturated rings. The number of aromatic nitrogens is 3. The molecule has 3 rings (SSSR count). The molecule has 5 heteroatoms. The first-order chi connectivity index (χ1) is 9.54. The van der Waals surface area contributed by atoms with Gasteiger partial charge in [0.15, 0.2) is 0 Å². The second-order valence-electron chi connectivity index (χ2n) is 5.30. The second kappa shape index (κ2) is 4.90. The number of hydrogen-bond acceptors (Lipinski definition) is 4. The molecule has 0 saturated carbocycles. The number of benzene rings is 1. The van der Waals surface area contributed by atoms with Gasteiger partial charge >= 0.3 is 0 Å². The molecule has 0 bridgehead atoms. The van der Waals surface area contributed by atoms with Crippen molar-refractivity contribution in [3.63, 3.8) is 0 Å². The van der Waals surface area contributed by atoms with E-state index in [1.807, 2.05) is 25.3 Å². The molecule has 2 aromatic heterocycles. The molecule has 20 heavy (non-hydrogen) atoms. The number of nitrogens with zero attached hydrogens (tertiary/aromatic N) is 3. The highest BCUT2D eigenvalue weighted by Gasteiger charge is 2.14. The average Bonchev–Trinajstić information content (AvgIpc) is 2.94. The van der Waals surface area contributed by atoms with Crippen LogP contribution in [0.3, 0.4) is 0 Å². The number of anilines is 1. The van der Waals surface area contributed by atoms with Gasteiger partial charge in [-0.15, -0.1) is 11.3 Å². The number of thiazole rings is 1. The zero-order valence-corrected chi connectivity index (χ0v) is 12.7. The number of hydrogen-bond donors (Lipinski definition) is 1. The molecule has 0 spiro atoms. The van der Waals surface area contributed by atoms with Crippen LogP contribution in [0, 0.1) is 6.92 Å². The summed E-state index contributed by atoms with van der Waals surface area (Å²) in [7, 11) is 0. The van der Waals surface area contributed by atoms with Crippen LogP contribution in [0.1, 0.15) is 35.5 Å². The third kappa shape index (κ3) is 2.29. The van der Waals surface area contributed by atoms with Gasteiger partial charge in [0.25, 0.3) is 0 Å². The maximum Gasteiger partial charge on any atom is 0.112 e. The van der Waals surface area contributed by atoms with Gasteiger partial charge in [-0.25, -0.2) is 9.97 Å². The summed E-state index contributed by atoms with van der Waals surface area (Å²) in [6.07, 6.45) is 1.95. The molecule has 0 unspecified atom stereocenters. The number of fused-ring (bicyclic) bond motifs is 1. The first-order valence-corrected chi connectivity index (χ1v) is 7.53. The largest absolute Gasteiger partial charge is 0.399 e. The number of nitrogens with two attached hydrogens (primary N) is 1. The Hall–Kier alpha value is -1.88. The van der Waals surface area contributed by atoms with Crippen LogP contribution in [0.25, 0.3) is 11.0 Å². The molecule has 4 nitrogen and oxygen atoms in total. The monoisotopic (exact) mass is 286 g/mol. The summed E-state index contributed by atoms with van der Waals surface area (Å²) in [5.74, 6) is 1.47. The van der Waals surface area contributed by atoms with Crippen LogP contribution < -0.4 is 5.73 Å². The van der Waals surface area contributed by atoms with E-state index in [1.54, 1.807) is 11.3 Å². The lowest BCUT2D eigenvalue weighted by atomic mass is 10.2. The van der Waals surface area contributed by atoms with Crippen molar-refractivity contribution in [2.45, 2.75) is 33.2 Å². The third-order valence-electron chi connectivity index (χ3n) is 3.30. The maximum absolute atomic E-state index is 5.86. The SMILES string of the molecule is Cc1ncc(Cn2c(C(C)C)nc3cc(N)ccc32)s1. The lowest BCUT2D eigenvalue weighted by Crippen LogP contribution is -2.05. The van der Waals surface area contributed by atoms with Crippen molar-refractivity contribution in [3.8, 4) is 0 Å². The standard InChI is InChI=1S/C15H18N4S/c1-9(2)15-18-13-6-11(16)4-5-14(13)19(15)8-12-7-17-10(3)20-12/h4-7,9H,8,16H2,1-3H3. The van der Waals surface area contributed by atoms with Gasteiger partial charge in [-0.2, -0.15) is 0 Å². The zero-order chi connectivity index (χ0) is 14.3. The number of imidazole rings is 1. The number of nitrogen functional groups attached to an aromatic ring is 1. The van der Waals surface area contributed by atoms with E-state index in [9.17, 15) is 0 Å². The minimum absolute atomic E-state index is 0.373. The van der Waals surface area contributed by atoms with Gasteiger partial charge in [-0.3, -0.25) is 0 Å². The Bertz CT molecular complexity index is 754. The topological polar surface area (TPSA) is 56.7 Å². The van der Waals surface area contributed by atoms with Crippen LogP contribution in [0.5, 0.6) is 0 Å². The minimum Gasteiger partial charge on any atom is -0.399 e. The van der Waals surface area contributed by atoms with Crippen LogP contribution in [0.4, 0.5) is 5.69 Å². The lowest BCUT2D eigenvalue weighted by molar-refractivity contribution is 0.687. The Labute approximate surface area is 122 Å². The van der Waals surface area contributed by atoms with Crippen molar-refractivity contribution in [2.24, 2.45) is 0 Å². The third-order valence-corrected chi connectivity index (χ3v) is 4.20. The van der Waals surface area contributed by atoms with Crippen molar-refractivity contribution in [3.05, 3.63) is 40.1 Å². The van der Waals surface area contributed by atoms with Crippen LogP contribution in [-0.4, -0.2) is 14.5 Å². The van der Waals surface area contributed by atoms with Crippen molar-refractivity contribution in [2.75, 3.05) is 5.73 Å². The summed E-state index contributed by atoms with van der Waals surface area (Å²) in [5.41, 5.74) is 8.71. The predicted molar refractivity (Wildman–Crippen MR) is 84.2 cm³/mol. The minimum atomic E-state index is 0.373. The Balaban J connectivity index is 2.13. The molecule has 3 aromatic rings. The molecule has 0 aliphatic rings. The molecule has 0 aliphatic carbocycles. The smallest absolute Gasteiger partial charge is 0.112 e. The molecular formula is C15H18N4S. The van der Waals surface area contributed by atoms with Crippen molar-refractivity contribution < 1.29 is 0 Å². The fourth-order valence-electron chi connectivity index (χ4n) is 2.41. The Morgan fingerprint density at radius 1 is 1.35 bits per heavy atom. The molecule has 104 valence electrons. The van der Waals surface area contributed by atoms with E-state index in [2.05, 4.69) is 29.5 Å². The molecule has 2 heterocycles. The van der Waals surface area contributed by atoms with E-state index < -0.39 is 0 Å². The van der Waals surface area contributed by atoms with Crippen LogP contribution in [0.2, 0.25) is 0 Å². The van der Waals surface area contributed by atoms with Gasteiger partial charge in [-0.1, -0.05) is 13.8 Å². The summed E-state index contributed by atoms with van der Waals surface area (Å²) < 4.78 is 2.27. The maximum atomic E-state index is 5.86. The second-order valence-corrected chi connectivity index (χ2v) is 6.62. The van der Waals surface area contributed by atoms with Gasteiger partial charge in [0.1, 0.15) is 5.82 Å². The van der Waals surface area contributed by atoms with E-state index in [4.69, 9.17) is 10.7 Å². The fourth-order valence-corrected chi connectivity index (χ4v) is 3.19. The van der Waals surface area contributed by atoms with E-state index in [0.29, 0.717) is 5.92 Å². The molecule has 2 N–H and O–H groups in total. The quantitative estimate of drug-likeness (QED) is 0.749. The van der Waals surface area contributed by atoms with Gasteiger partial charge < -0.3 is 10.3 Å². The first kappa shape index (κ1) is 13.1. The summed E-state index contributed by atoms with van der Waals surface area (Å²) in [6.45, 7) is 7.18. The highest BCUT2D eigenvalue weighted by atomic mass is 32.1. The first-order valence-electron chi connectivity index (χ1n) is 6.71. The van der Waals surface area contributed by atoms with E-state index in [-0.39, 0.29) is 0 Å². The number of aryl methyl sites for hydroxylation is 1. The van der Waals surface area contributed by atoms with E-state index in [1.165, 1.54) is 4.88 Å². The molecule has 0 aliphatic heterocycles. The normalized spacial score (nSPS) is 11.6. The summed E-state index contributed by atoms with van der Waals surface area (Å²) in [5, 5.41) is 1.10.